The summed E-state index contributed by atoms with van der Waals surface area (Å²) in [5, 5.41) is 5.89. The third-order valence-electron chi connectivity index (χ3n) is 5.81. The molecular formula is C29H35ClN6O. The predicted molar refractivity (Wildman–Crippen MR) is 153 cm³/mol. The Hall–Kier alpha value is -3.71. The largest absolute Gasteiger partial charge is 0.370 e. The predicted octanol–water partition coefficient (Wildman–Crippen LogP) is 5.64. The first-order chi connectivity index (χ1) is 18.1. The van der Waals surface area contributed by atoms with E-state index >= 15 is 0 Å². The van der Waals surface area contributed by atoms with Gasteiger partial charge in [-0.2, -0.15) is 0 Å². The minimum atomic E-state index is -0.149. The topological polar surface area (TPSA) is 82.5 Å². The van der Waals surface area contributed by atoms with Gasteiger partial charge in [-0.15, -0.1) is 0 Å². The van der Waals surface area contributed by atoms with Crippen LogP contribution < -0.4 is 10.6 Å². The molecule has 1 saturated heterocycles. The molecule has 1 fully saturated rings. The number of aliphatic imine (C=N–C) groups is 1. The van der Waals surface area contributed by atoms with Crippen LogP contribution in [0, 0.1) is 0 Å². The summed E-state index contributed by atoms with van der Waals surface area (Å²) in [6.45, 7) is 4.65. The first kappa shape index (κ1) is 27.9. The Morgan fingerprint density at radius 3 is 2.76 bits per heavy atom. The number of hydrogen-bond acceptors (Lipinski definition) is 6. The highest BCUT2D eigenvalue weighted by Crippen LogP contribution is 2.15. The molecule has 0 bridgehead atoms. The molecule has 2 aromatic heterocycles. The van der Waals surface area contributed by atoms with Gasteiger partial charge >= 0.3 is 0 Å². The second-order valence-corrected chi connectivity index (χ2v) is 8.86. The van der Waals surface area contributed by atoms with E-state index in [0.717, 1.165) is 42.0 Å². The van der Waals surface area contributed by atoms with Crippen molar-refractivity contribution in [3.63, 3.8) is 0 Å². The number of nitrogens with one attached hydrogen (secondary N) is 2. The molecule has 3 heterocycles. The fourth-order valence-corrected chi connectivity index (χ4v) is 4.07. The normalized spacial score (nSPS) is 14.8. The maximum Gasteiger partial charge on any atom is 0.251 e. The first-order valence-corrected chi connectivity index (χ1v) is 13.0. The molecule has 37 heavy (non-hydrogen) atoms. The number of carbonyl (C=O) groups is 1. The molecule has 0 aliphatic carbocycles. The van der Waals surface area contributed by atoms with Gasteiger partial charge in [0.15, 0.2) is 0 Å². The molecule has 0 aromatic carbocycles. The molecular weight excluding hydrogens is 484 g/mol. The fraction of sp³-hybridized carbons (Fsp3) is 0.310. The van der Waals surface area contributed by atoms with Crippen LogP contribution in [-0.4, -0.2) is 47.1 Å². The highest BCUT2D eigenvalue weighted by atomic mass is 35.5. The van der Waals surface area contributed by atoms with Crippen molar-refractivity contribution in [3.8, 4) is 0 Å². The van der Waals surface area contributed by atoms with Crippen LogP contribution >= 0.6 is 11.6 Å². The van der Waals surface area contributed by atoms with Crippen molar-refractivity contribution >= 4 is 29.5 Å². The van der Waals surface area contributed by atoms with Crippen LogP contribution in [0.2, 0.25) is 0 Å². The molecule has 2 aromatic rings. The van der Waals surface area contributed by atoms with E-state index in [-0.39, 0.29) is 5.91 Å². The molecule has 1 amide bonds. The molecule has 0 radical (unpaired) electrons. The highest BCUT2D eigenvalue weighted by molar-refractivity contribution is 6.25. The lowest BCUT2D eigenvalue weighted by Gasteiger charge is -2.17. The van der Waals surface area contributed by atoms with Gasteiger partial charge in [-0.05, 0) is 54.7 Å². The molecule has 0 atom stereocenters. The van der Waals surface area contributed by atoms with Crippen molar-refractivity contribution in [2.75, 3.05) is 25.5 Å². The van der Waals surface area contributed by atoms with Gasteiger partial charge in [0.05, 0.1) is 5.70 Å². The standard InChI is InChI=1S/C29H35ClN6O/c1-3-7-23(8-6-9-27(22-31-2)36-16-4-5-17-36)18-26-19-25(12-14-32-26)29(37)35-21-24-10-11-28(34-20-24)33-15-13-30/h6-15,19-20,22H,3-5,16-18,21H2,1-2H3,(H,33,34)(H,35,37)/b8-6+,15-13+,23-7+,27-9+,31-22?. The molecule has 8 heteroatoms. The van der Waals surface area contributed by atoms with Crippen LogP contribution in [0.25, 0.3) is 0 Å². The maximum atomic E-state index is 12.8. The average Bonchev–Trinajstić information content (AvgIpc) is 3.46. The number of amides is 1. The summed E-state index contributed by atoms with van der Waals surface area (Å²) < 4.78 is 0. The van der Waals surface area contributed by atoms with E-state index in [4.69, 9.17) is 11.6 Å². The van der Waals surface area contributed by atoms with Gasteiger partial charge in [-0.25, -0.2) is 4.98 Å². The minimum absolute atomic E-state index is 0.149. The van der Waals surface area contributed by atoms with E-state index in [0.29, 0.717) is 24.3 Å². The van der Waals surface area contributed by atoms with Crippen LogP contribution in [-0.2, 0) is 13.0 Å². The Kier molecular flexibility index (Phi) is 11.6. The molecule has 2 N–H and O–H groups in total. The Morgan fingerprint density at radius 1 is 1.22 bits per heavy atom. The number of nitrogens with zero attached hydrogens (tertiary/aromatic N) is 4. The SMILES string of the molecule is CC\C=C(/C=C/C=C(\C=NC)N1CCCC1)Cc1cc(C(=O)NCc2ccc(N/C=C/Cl)nc2)ccn1. The molecule has 194 valence electrons. The quantitative estimate of drug-likeness (QED) is 0.280. The van der Waals surface area contributed by atoms with Gasteiger partial charge in [0.25, 0.3) is 5.91 Å². The molecule has 7 nitrogen and oxygen atoms in total. The Morgan fingerprint density at radius 2 is 2.05 bits per heavy atom. The lowest BCUT2D eigenvalue weighted by molar-refractivity contribution is 0.0950. The smallest absolute Gasteiger partial charge is 0.251 e. The Bertz CT molecular complexity index is 1160. The number of hydrogen-bond donors (Lipinski definition) is 2. The zero-order valence-electron chi connectivity index (χ0n) is 21.5. The summed E-state index contributed by atoms with van der Waals surface area (Å²) in [5.41, 5.74) is 6.00. The van der Waals surface area contributed by atoms with Gasteiger partial charge in [0, 0.05) is 74.7 Å². The summed E-state index contributed by atoms with van der Waals surface area (Å²) in [4.78, 5) is 28.1. The molecule has 0 unspecified atom stereocenters. The van der Waals surface area contributed by atoms with Crippen molar-refractivity contribution in [2.24, 2.45) is 4.99 Å². The van der Waals surface area contributed by atoms with Crippen molar-refractivity contribution in [1.82, 2.24) is 20.2 Å². The van der Waals surface area contributed by atoms with Crippen molar-refractivity contribution < 1.29 is 4.79 Å². The van der Waals surface area contributed by atoms with E-state index in [1.165, 1.54) is 18.4 Å². The average molecular weight is 519 g/mol. The Balaban J connectivity index is 1.61. The number of pyridine rings is 2. The lowest BCUT2D eigenvalue weighted by Crippen LogP contribution is -2.23. The van der Waals surface area contributed by atoms with E-state index in [2.05, 4.69) is 61.7 Å². The van der Waals surface area contributed by atoms with Crippen LogP contribution in [0.4, 0.5) is 5.82 Å². The molecule has 3 rings (SSSR count). The molecule has 0 saturated carbocycles. The number of likely N-dealkylation sites (tertiary alicyclic amines) is 1. The van der Waals surface area contributed by atoms with E-state index in [1.807, 2.05) is 24.4 Å². The van der Waals surface area contributed by atoms with Crippen molar-refractivity contribution in [2.45, 2.75) is 39.2 Å². The third kappa shape index (κ3) is 9.35. The van der Waals surface area contributed by atoms with E-state index in [1.54, 1.807) is 31.7 Å². The minimum Gasteiger partial charge on any atom is -0.370 e. The summed E-state index contributed by atoms with van der Waals surface area (Å²) in [6, 6.07) is 7.32. The first-order valence-electron chi connectivity index (χ1n) is 12.6. The van der Waals surface area contributed by atoms with Crippen LogP contribution in [0.15, 0.2) is 89.0 Å². The monoisotopic (exact) mass is 518 g/mol. The molecule has 1 aliphatic heterocycles. The number of aromatic nitrogens is 2. The van der Waals surface area contributed by atoms with Crippen LogP contribution in [0.5, 0.6) is 0 Å². The number of allylic oxidation sites excluding steroid dienone is 6. The van der Waals surface area contributed by atoms with E-state index in [9.17, 15) is 4.79 Å². The van der Waals surface area contributed by atoms with E-state index < -0.39 is 0 Å². The van der Waals surface area contributed by atoms with Gasteiger partial charge < -0.3 is 15.5 Å². The number of rotatable bonds is 12. The number of carbonyl (C=O) groups excluding carboxylic acids is 1. The second-order valence-electron chi connectivity index (χ2n) is 8.60. The van der Waals surface area contributed by atoms with Gasteiger partial charge in [0.2, 0.25) is 0 Å². The third-order valence-corrected chi connectivity index (χ3v) is 5.94. The fourth-order valence-electron chi connectivity index (χ4n) is 4.01. The summed E-state index contributed by atoms with van der Waals surface area (Å²) in [7, 11) is 1.80. The van der Waals surface area contributed by atoms with Crippen LogP contribution in [0.1, 0.15) is 47.8 Å². The van der Waals surface area contributed by atoms with Crippen LogP contribution in [0.3, 0.4) is 0 Å². The van der Waals surface area contributed by atoms with Gasteiger partial charge in [0.1, 0.15) is 5.82 Å². The summed E-state index contributed by atoms with van der Waals surface area (Å²) >= 11 is 5.51. The zero-order valence-corrected chi connectivity index (χ0v) is 22.3. The Labute approximate surface area is 224 Å². The van der Waals surface area contributed by atoms with Crippen molar-refractivity contribution in [1.29, 1.82) is 0 Å². The zero-order chi connectivity index (χ0) is 26.3. The second kappa shape index (κ2) is 15.4. The van der Waals surface area contributed by atoms with Gasteiger partial charge in [-0.1, -0.05) is 42.8 Å². The number of anilines is 1. The highest BCUT2D eigenvalue weighted by Gasteiger charge is 2.12. The summed E-state index contributed by atoms with van der Waals surface area (Å²) in [5.74, 6) is 0.529. The molecule has 1 aliphatic rings. The number of halogens is 1. The lowest BCUT2D eigenvalue weighted by atomic mass is 10.1. The summed E-state index contributed by atoms with van der Waals surface area (Å²) in [6.07, 6.45) is 19.4. The maximum absolute atomic E-state index is 12.8. The van der Waals surface area contributed by atoms with Gasteiger partial charge in [-0.3, -0.25) is 14.8 Å². The van der Waals surface area contributed by atoms with Crippen molar-refractivity contribution in [3.05, 3.63) is 101 Å². The molecule has 0 spiro atoms.